The van der Waals surface area contributed by atoms with Crippen molar-refractivity contribution in [3.05, 3.63) is 24.3 Å². The number of phosphoric acid groups is 2. The maximum Gasteiger partial charge on any atom is 0.472 e. The number of allylic oxidation sites excluding steroid dienone is 4. The van der Waals surface area contributed by atoms with Gasteiger partial charge in [-0.15, -0.1) is 0 Å². The Morgan fingerprint density at radius 1 is 0.333 bits per heavy atom. The lowest BCUT2D eigenvalue weighted by molar-refractivity contribution is -0.161. The Balaban J connectivity index is 5.23. The maximum atomic E-state index is 13.1. The molecule has 0 aliphatic rings. The lowest BCUT2D eigenvalue weighted by Crippen LogP contribution is -2.30. The highest BCUT2D eigenvalue weighted by molar-refractivity contribution is 7.47. The molecular formula is C80H152O17P2. The van der Waals surface area contributed by atoms with Gasteiger partial charge in [0.25, 0.3) is 0 Å². The van der Waals surface area contributed by atoms with Gasteiger partial charge in [-0.05, 0) is 69.1 Å². The first-order valence-corrected chi connectivity index (χ1v) is 43.7. The molecular weight excluding hydrogens is 1290 g/mol. The molecule has 0 radical (unpaired) electrons. The smallest absolute Gasteiger partial charge is 0.462 e. The van der Waals surface area contributed by atoms with Gasteiger partial charge in [-0.25, -0.2) is 9.13 Å². The van der Waals surface area contributed by atoms with Crippen LogP contribution in [0.15, 0.2) is 24.3 Å². The van der Waals surface area contributed by atoms with E-state index in [0.717, 1.165) is 121 Å². The highest BCUT2D eigenvalue weighted by Crippen LogP contribution is 2.45. The van der Waals surface area contributed by atoms with E-state index in [4.69, 9.17) is 37.0 Å². The fourth-order valence-electron chi connectivity index (χ4n) is 11.7. The molecule has 0 aliphatic carbocycles. The molecule has 0 fully saturated rings. The zero-order valence-electron chi connectivity index (χ0n) is 64.4. The van der Waals surface area contributed by atoms with Crippen molar-refractivity contribution < 1.29 is 80.2 Å². The van der Waals surface area contributed by atoms with Crippen molar-refractivity contribution in [3.63, 3.8) is 0 Å². The first-order valence-electron chi connectivity index (χ1n) is 40.7. The van der Waals surface area contributed by atoms with Gasteiger partial charge in [0.1, 0.15) is 19.3 Å². The minimum Gasteiger partial charge on any atom is -0.462 e. The summed E-state index contributed by atoms with van der Waals surface area (Å²) < 4.78 is 68.6. The molecule has 0 aromatic carbocycles. The molecule has 0 spiro atoms. The molecule has 0 saturated carbocycles. The van der Waals surface area contributed by atoms with Gasteiger partial charge >= 0.3 is 39.5 Å². The molecule has 0 rings (SSSR count). The number of unbranched alkanes of at least 4 members (excludes halogenated alkanes) is 39. The Bertz CT molecular complexity index is 2020. The van der Waals surface area contributed by atoms with Crippen molar-refractivity contribution in [1.29, 1.82) is 0 Å². The standard InChI is InChI=1S/C80H152O17P2/c1-8-11-12-13-14-15-16-17-22-26-29-32-41-49-56-63-80(85)97-76(68-91-78(83)62-55-48-43-36-37-44-51-58-71(4)5)70-95-99(88,89)93-66-74(81)65-92-98(86,87)94-69-75(67-90-77(82)61-54-47-40-35-34-39-46-53-60-73(7)10-3)96-79(84)64-57-50-42-33-30-27-24-21-19-18-20-23-25-28-31-38-45-52-59-72(6)9-2/h15-17,22,71-76,81H,8-14,18-21,23-70H2,1-7H3,(H,86,87)(H,88,89)/b16-15-,22-17-/t72?,73?,74?,75-,76-/m1/s1. The SMILES string of the molecule is CCCCCC/C=C\C=C/CCCCCCCC(=O)O[C@H](COC(=O)CCCCCCCCCC(C)C)COP(=O)(O)OCC(O)COP(=O)(O)OC[C@@H](COC(=O)CCCCCCCCCCC(C)CC)OC(=O)CCCCCCCCCCCCCCCCCCCCC(C)CC. The van der Waals surface area contributed by atoms with Gasteiger partial charge in [-0.1, -0.05) is 336 Å². The molecule has 19 heteroatoms. The van der Waals surface area contributed by atoms with Gasteiger partial charge < -0.3 is 33.8 Å². The molecule has 0 bridgehead atoms. The van der Waals surface area contributed by atoms with Gasteiger partial charge in [-0.2, -0.15) is 0 Å². The Kier molecular flexibility index (Phi) is 68.1. The predicted octanol–water partition coefficient (Wildman–Crippen LogP) is 23.3. The molecule has 0 saturated heterocycles. The topological polar surface area (TPSA) is 237 Å². The number of carbonyl (C=O) groups excluding carboxylic acids is 4. The lowest BCUT2D eigenvalue weighted by Gasteiger charge is -2.21. The highest BCUT2D eigenvalue weighted by Gasteiger charge is 2.30. The zero-order valence-corrected chi connectivity index (χ0v) is 66.2. The van der Waals surface area contributed by atoms with Gasteiger partial charge in [-0.3, -0.25) is 37.3 Å². The quantitative estimate of drug-likeness (QED) is 0.0169. The van der Waals surface area contributed by atoms with Crippen LogP contribution in [0.4, 0.5) is 0 Å². The van der Waals surface area contributed by atoms with Gasteiger partial charge in [0, 0.05) is 25.7 Å². The number of esters is 4. The molecule has 0 aliphatic heterocycles. The van der Waals surface area contributed by atoms with E-state index >= 15 is 0 Å². The monoisotopic (exact) mass is 1450 g/mol. The number of carbonyl (C=O) groups is 4. The van der Waals surface area contributed by atoms with Crippen LogP contribution in [0.2, 0.25) is 0 Å². The second-order valence-electron chi connectivity index (χ2n) is 29.1. The maximum absolute atomic E-state index is 13.1. The summed E-state index contributed by atoms with van der Waals surface area (Å²) in [5.41, 5.74) is 0. The minimum absolute atomic E-state index is 0.0840. The van der Waals surface area contributed by atoms with Crippen molar-refractivity contribution in [2.45, 2.75) is 407 Å². The molecule has 0 aromatic rings. The number of phosphoric ester groups is 2. The van der Waals surface area contributed by atoms with E-state index in [1.165, 1.54) is 180 Å². The van der Waals surface area contributed by atoms with E-state index in [2.05, 4.69) is 72.8 Å². The number of aliphatic hydroxyl groups is 1. The number of hydrogen-bond acceptors (Lipinski definition) is 15. The van der Waals surface area contributed by atoms with Gasteiger partial charge in [0.05, 0.1) is 26.4 Å². The first-order chi connectivity index (χ1) is 47.8. The van der Waals surface area contributed by atoms with Crippen molar-refractivity contribution >= 4 is 39.5 Å². The second kappa shape index (κ2) is 69.9. The van der Waals surface area contributed by atoms with E-state index < -0.39 is 97.5 Å². The van der Waals surface area contributed by atoms with Crippen molar-refractivity contribution in [2.75, 3.05) is 39.6 Å². The van der Waals surface area contributed by atoms with Crippen LogP contribution < -0.4 is 0 Å². The summed E-state index contributed by atoms with van der Waals surface area (Å²) in [5.74, 6) is 0.202. The van der Waals surface area contributed by atoms with Crippen LogP contribution in [-0.2, 0) is 65.4 Å². The third-order valence-electron chi connectivity index (χ3n) is 18.7. The molecule has 0 heterocycles. The Labute approximate surface area is 605 Å². The summed E-state index contributed by atoms with van der Waals surface area (Å²) in [7, 11) is -9.93. The van der Waals surface area contributed by atoms with Crippen LogP contribution >= 0.6 is 15.6 Å². The summed E-state index contributed by atoms with van der Waals surface area (Å²) >= 11 is 0. The zero-order chi connectivity index (χ0) is 73.0. The Morgan fingerprint density at radius 2 is 0.596 bits per heavy atom. The van der Waals surface area contributed by atoms with Crippen LogP contribution in [0, 0.1) is 17.8 Å². The molecule has 3 N–H and O–H groups in total. The molecule has 0 amide bonds. The average molecular weight is 1450 g/mol. The number of aliphatic hydroxyl groups excluding tert-OH is 1. The van der Waals surface area contributed by atoms with E-state index in [-0.39, 0.29) is 25.7 Å². The van der Waals surface area contributed by atoms with Crippen LogP contribution in [0.1, 0.15) is 389 Å². The lowest BCUT2D eigenvalue weighted by atomic mass is 9.99. The van der Waals surface area contributed by atoms with Crippen molar-refractivity contribution in [1.82, 2.24) is 0 Å². The summed E-state index contributed by atoms with van der Waals surface area (Å²) in [6.07, 6.45) is 60.6. The van der Waals surface area contributed by atoms with Crippen LogP contribution in [0.25, 0.3) is 0 Å². The molecule has 584 valence electrons. The number of hydrogen-bond donors (Lipinski definition) is 3. The average Bonchev–Trinajstić information content (AvgIpc) is 1.42. The minimum atomic E-state index is -4.97. The molecule has 0 aromatic heterocycles. The highest BCUT2D eigenvalue weighted by atomic mass is 31.2. The molecule has 5 unspecified atom stereocenters. The van der Waals surface area contributed by atoms with Crippen LogP contribution in [0.5, 0.6) is 0 Å². The summed E-state index contributed by atoms with van der Waals surface area (Å²) in [4.78, 5) is 72.9. The van der Waals surface area contributed by atoms with E-state index in [0.29, 0.717) is 31.6 Å². The summed E-state index contributed by atoms with van der Waals surface area (Å²) in [5, 5.41) is 10.6. The summed E-state index contributed by atoms with van der Waals surface area (Å²) in [6.45, 7) is 11.9. The second-order valence-corrected chi connectivity index (χ2v) is 32.0. The van der Waals surface area contributed by atoms with Gasteiger partial charge in [0.2, 0.25) is 0 Å². The normalized spacial score (nSPS) is 14.7. The fourth-order valence-corrected chi connectivity index (χ4v) is 13.3. The number of ether oxygens (including phenoxy) is 4. The van der Waals surface area contributed by atoms with Crippen LogP contribution in [0.3, 0.4) is 0 Å². The van der Waals surface area contributed by atoms with E-state index in [1.807, 2.05) is 0 Å². The van der Waals surface area contributed by atoms with E-state index in [1.54, 1.807) is 0 Å². The van der Waals surface area contributed by atoms with Crippen molar-refractivity contribution in [3.8, 4) is 0 Å². The molecule has 17 nitrogen and oxygen atoms in total. The molecule has 99 heavy (non-hydrogen) atoms. The van der Waals surface area contributed by atoms with Crippen LogP contribution in [-0.4, -0.2) is 96.7 Å². The molecule has 7 atom stereocenters. The first kappa shape index (κ1) is 96.5. The third-order valence-corrected chi connectivity index (χ3v) is 20.6. The Morgan fingerprint density at radius 3 is 0.899 bits per heavy atom. The largest absolute Gasteiger partial charge is 0.472 e. The summed E-state index contributed by atoms with van der Waals surface area (Å²) in [6, 6.07) is 0. The van der Waals surface area contributed by atoms with Gasteiger partial charge in [0.15, 0.2) is 12.2 Å². The Hall–Kier alpha value is -2.46. The van der Waals surface area contributed by atoms with Crippen molar-refractivity contribution in [2.24, 2.45) is 17.8 Å². The van der Waals surface area contributed by atoms with E-state index in [9.17, 15) is 43.2 Å². The predicted molar refractivity (Wildman–Crippen MR) is 404 cm³/mol. The third kappa shape index (κ3) is 71.0. The fraction of sp³-hybridized carbons (Fsp3) is 0.900. The number of rotatable bonds is 76.